The van der Waals surface area contributed by atoms with Gasteiger partial charge in [-0.05, 0) is 45.6 Å². The zero-order valence-corrected chi connectivity index (χ0v) is 15.1. The van der Waals surface area contributed by atoms with Crippen LogP contribution >= 0.6 is 0 Å². The van der Waals surface area contributed by atoms with E-state index in [1.54, 1.807) is 0 Å². The van der Waals surface area contributed by atoms with Crippen molar-refractivity contribution in [3.8, 4) is 0 Å². The molecule has 1 atom stereocenters. The van der Waals surface area contributed by atoms with Crippen molar-refractivity contribution in [3.63, 3.8) is 0 Å². The van der Waals surface area contributed by atoms with Crippen LogP contribution < -0.4 is 0 Å². The molecule has 25 heavy (non-hydrogen) atoms. The van der Waals surface area contributed by atoms with Gasteiger partial charge in [0.1, 0.15) is 0 Å². The van der Waals surface area contributed by atoms with Crippen molar-refractivity contribution in [2.24, 2.45) is 5.92 Å². The molecule has 6 nitrogen and oxygen atoms in total. The van der Waals surface area contributed by atoms with Crippen LogP contribution in [-0.2, 0) is 9.53 Å². The third-order valence-corrected chi connectivity index (χ3v) is 5.48. The first kappa shape index (κ1) is 16.5. The summed E-state index contributed by atoms with van der Waals surface area (Å²) in [5, 5.41) is 4.48. The van der Waals surface area contributed by atoms with Crippen LogP contribution in [-0.4, -0.2) is 51.7 Å². The first-order chi connectivity index (χ1) is 12.1. The molecule has 1 amide bonds. The molecule has 0 aliphatic carbocycles. The fourth-order valence-electron chi connectivity index (χ4n) is 4.06. The van der Waals surface area contributed by atoms with Gasteiger partial charge in [-0.15, -0.1) is 0 Å². The summed E-state index contributed by atoms with van der Waals surface area (Å²) in [6, 6.07) is 4.18. The number of fused-ring (bicyclic) bond motifs is 1. The highest BCUT2D eigenvalue weighted by atomic mass is 16.5. The maximum Gasteiger partial charge on any atom is 0.228 e. The normalized spacial score (nSPS) is 22.5. The summed E-state index contributed by atoms with van der Waals surface area (Å²) in [6.07, 6.45) is 3.93. The van der Waals surface area contributed by atoms with Gasteiger partial charge in [0.05, 0.1) is 18.2 Å². The highest BCUT2D eigenvalue weighted by Gasteiger charge is 2.30. The molecule has 0 radical (unpaired) electrons. The predicted octanol–water partition coefficient (Wildman–Crippen LogP) is 2.48. The van der Waals surface area contributed by atoms with Crippen LogP contribution in [0.2, 0.25) is 0 Å². The highest BCUT2D eigenvalue weighted by molar-refractivity contribution is 5.79. The summed E-state index contributed by atoms with van der Waals surface area (Å²) in [6.45, 7) is 7.11. The SMILES string of the molecule is Cc1cc2nc(C3CCN(C(=O)[C@@H]4CCCOC4)CC3)cc(C)n2n1. The molecule has 0 saturated carbocycles. The van der Waals surface area contributed by atoms with Crippen LogP contribution in [0.4, 0.5) is 0 Å². The zero-order chi connectivity index (χ0) is 17.4. The van der Waals surface area contributed by atoms with Crippen LogP contribution in [0.5, 0.6) is 0 Å². The average Bonchev–Trinajstić information content (AvgIpc) is 3.03. The number of ether oxygens (including phenoxy) is 1. The van der Waals surface area contributed by atoms with Gasteiger partial charge in [0.2, 0.25) is 5.91 Å². The van der Waals surface area contributed by atoms with E-state index in [9.17, 15) is 4.79 Å². The fraction of sp³-hybridized carbons (Fsp3) is 0.632. The second kappa shape index (κ2) is 6.75. The van der Waals surface area contributed by atoms with Gasteiger partial charge in [0.15, 0.2) is 5.65 Å². The van der Waals surface area contributed by atoms with Gasteiger partial charge in [-0.2, -0.15) is 5.10 Å². The fourth-order valence-corrected chi connectivity index (χ4v) is 4.06. The second-order valence-corrected chi connectivity index (χ2v) is 7.39. The lowest BCUT2D eigenvalue weighted by Crippen LogP contribution is -2.43. The number of hydrogen-bond acceptors (Lipinski definition) is 4. The molecule has 2 aliphatic heterocycles. The van der Waals surface area contributed by atoms with Crippen LogP contribution in [0.15, 0.2) is 12.1 Å². The molecule has 0 N–H and O–H groups in total. The van der Waals surface area contributed by atoms with Crippen molar-refractivity contribution in [2.45, 2.75) is 45.4 Å². The second-order valence-electron chi connectivity index (χ2n) is 7.39. The standard InChI is InChI=1S/C19H26N4O2/c1-13-10-18-20-17(11-14(2)23(18)21-13)15-5-7-22(8-6-15)19(24)16-4-3-9-25-12-16/h10-11,15-16H,3-9,12H2,1-2H3/t16-/m1/s1. The minimum Gasteiger partial charge on any atom is -0.381 e. The molecule has 2 aromatic heterocycles. The van der Waals surface area contributed by atoms with Gasteiger partial charge >= 0.3 is 0 Å². The Morgan fingerprint density at radius 2 is 2.00 bits per heavy atom. The summed E-state index contributed by atoms with van der Waals surface area (Å²) in [5.41, 5.74) is 4.16. The van der Waals surface area contributed by atoms with E-state index in [0.717, 1.165) is 68.1 Å². The molecule has 0 aromatic carbocycles. The number of rotatable bonds is 2. The summed E-state index contributed by atoms with van der Waals surface area (Å²) in [7, 11) is 0. The summed E-state index contributed by atoms with van der Waals surface area (Å²) >= 11 is 0. The topological polar surface area (TPSA) is 59.7 Å². The van der Waals surface area contributed by atoms with E-state index in [1.165, 1.54) is 0 Å². The van der Waals surface area contributed by atoms with Crippen LogP contribution in [0, 0.1) is 19.8 Å². The molecule has 0 bridgehead atoms. The number of piperidine rings is 1. The number of hydrogen-bond donors (Lipinski definition) is 0. The first-order valence-electron chi connectivity index (χ1n) is 9.32. The Balaban J connectivity index is 1.44. The van der Waals surface area contributed by atoms with E-state index in [2.05, 4.69) is 18.1 Å². The van der Waals surface area contributed by atoms with Gasteiger partial charge < -0.3 is 9.64 Å². The molecule has 0 unspecified atom stereocenters. The van der Waals surface area contributed by atoms with E-state index < -0.39 is 0 Å². The Morgan fingerprint density at radius 3 is 2.72 bits per heavy atom. The Labute approximate surface area is 148 Å². The summed E-state index contributed by atoms with van der Waals surface area (Å²) < 4.78 is 7.38. The van der Waals surface area contributed by atoms with Crippen LogP contribution in [0.1, 0.15) is 48.7 Å². The quantitative estimate of drug-likeness (QED) is 0.841. The van der Waals surface area contributed by atoms with Crippen molar-refractivity contribution in [1.82, 2.24) is 19.5 Å². The Bertz CT molecular complexity index is 771. The van der Waals surface area contributed by atoms with E-state index in [1.807, 2.05) is 22.4 Å². The van der Waals surface area contributed by atoms with Gasteiger partial charge in [-0.1, -0.05) is 0 Å². The van der Waals surface area contributed by atoms with Gasteiger partial charge in [-0.25, -0.2) is 9.50 Å². The molecule has 4 heterocycles. The average molecular weight is 342 g/mol. The molecule has 4 rings (SSSR count). The van der Waals surface area contributed by atoms with Crippen molar-refractivity contribution in [2.75, 3.05) is 26.3 Å². The molecule has 0 spiro atoms. The maximum absolute atomic E-state index is 12.6. The largest absolute Gasteiger partial charge is 0.381 e. The lowest BCUT2D eigenvalue weighted by atomic mass is 9.91. The van der Waals surface area contributed by atoms with E-state index in [4.69, 9.17) is 9.72 Å². The van der Waals surface area contributed by atoms with Gasteiger partial charge in [0.25, 0.3) is 0 Å². The molecule has 2 aromatic rings. The number of carbonyl (C=O) groups excluding carboxylic acids is 1. The van der Waals surface area contributed by atoms with E-state index in [0.29, 0.717) is 12.5 Å². The molecule has 2 saturated heterocycles. The number of amides is 1. The van der Waals surface area contributed by atoms with E-state index in [-0.39, 0.29) is 11.8 Å². The zero-order valence-electron chi connectivity index (χ0n) is 15.1. The molecule has 2 aliphatic rings. The first-order valence-corrected chi connectivity index (χ1v) is 9.32. The van der Waals surface area contributed by atoms with Crippen LogP contribution in [0.25, 0.3) is 5.65 Å². The van der Waals surface area contributed by atoms with Crippen molar-refractivity contribution in [3.05, 3.63) is 29.2 Å². The highest BCUT2D eigenvalue weighted by Crippen LogP contribution is 2.29. The minimum atomic E-state index is 0.0665. The van der Waals surface area contributed by atoms with Gasteiger partial charge in [0, 0.05) is 43.1 Å². The van der Waals surface area contributed by atoms with Gasteiger partial charge in [-0.3, -0.25) is 4.79 Å². The number of aryl methyl sites for hydroxylation is 2. The molecular weight excluding hydrogens is 316 g/mol. The third-order valence-electron chi connectivity index (χ3n) is 5.48. The van der Waals surface area contributed by atoms with E-state index >= 15 is 0 Å². The summed E-state index contributed by atoms with van der Waals surface area (Å²) in [5.74, 6) is 0.770. The van der Waals surface area contributed by atoms with Crippen LogP contribution in [0.3, 0.4) is 0 Å². The lowest BCUT2D eigenvalue weighted by molar-refractivity contribution is -0.140. The predicted molar refractivity (Wildman–Crippen MR) is 94.6 cm³/mol. The monoisotopic (exact) mass is 342 g/mol. The molecular formula is C19H26N4O2. The van der Waals surface area contributed by atoms with Crippen molar-refractivity contribution in [1.29, 1.82) is 0 Å². The summed E-state index contributed by atoms with van der Waals surface area (Å²) in [4.78, 5) is 19.5. The third kappa shape index (κ3) is 3.27. The van der Waals surface area contributed by atoms with Crippen molar-refractivity contribution < 1.29 is 9.53 Å². The number of likely N-dealkylation sites (tertiary alicyclic amines) is 1. The Hall–Kier alpha value is -1.95. The number of aromatic nitrogens is 3. The Morgan fingerprint density at radius 1 is 1.20 bits per heavy atom. The minimum absolute atomic E-state index is 0.0665. The number of carbonyl (C=O) groups is 1. The van der Waals surface area contributed by atoms with Crippen molar-refractivity contribution >= 4 is 11.6 Å². The Kier molecular flexibility index (Phi) is 4.46. The molecule has 2 fully saturated rings. The molecule has 134 valence electrons. The smallest absolute Gasteiger partial charge is 0.228 e. The maximum atomic E-state index is 12.6. The number of nitrogens with zero attached hydrogens (tertiary/aromatic N) is 4. The lowest BCUT2D eigenvalue weighted by Gasteiger charge is -2.35. The molecule has 6 heteroatoms.